The first-order chi connectivity index (χ1) is 21.9. The van der Waals surface area contributed by atoms with Crippen LogP contribution in [-0.2, 0) is 27.7 Å². The van der Waals surface area contributed by atoms with E-state index in [0.29, 0.717) is 29.0 Å². The number of alkyl halides is 3. The van der Waals surface area contributed by atoms with Crippen molar-refractivity contribution in [3.05, 3.63) is 70.0 Å². The summed E-state index contributed by atoms with van der Waals surface area (Å²) in [6.45, 7) is 8.81. The number of benzene rings is 2. The van der Waals surface area contributed by atoms with Crippen LogP contribution in [0.3, 0.4) is 0 Å². The van der Waals surface area contributed by atoms with Crippen molar-refractivity contribution in [2.24, 2.45) is 0 Å². The summed E-state index contributed by atoms with van der Waals surface area (Å²) in [6, 6.07) is 8.27. The molecule has 0 radical (unpaired) electrons. The van der Waals surface area contributed by atoms with E-state index in [4.69, 9.17) is 4.74 Å². The highest BCUT2D eigenvalue weighted by Crippen LogP contribution is 2.33. The van der Waals surface area contributed by atoms with E-state index in [2.05, 4.69) is 22.0 Å². The summed E-state index contributed by atoms with van der Waals surface area (Å²) in [4.78, 5) is 18.4. The highest BCUT2D eigenvalue weighted by atomic mass is 32.2. The van der Waals surface area contributed by atoms with Gasteiger partial charge in [0.15, 0.2) is 5.13 Å². The maximum atomic E-state index is 15.0. The van der Waals surface area contributed by atoms with Gasteiger partial charge in [0.25, 0.3) is 0 Å². The summed E-state index contributed by atoms with van der Waals surface area (Å²) in [7, 11) is -4.68. The third kappa shape index (κ3) is 9.41. The number of aliphatic hydroxyl groups is 1. The molecule has 258 valence electrons. The number of thiazole rings is 1. The molecular formula is C31H38F4N4O6S2. The highest BCUT2D eigenvalue weighted by Gasteiger charge is 2.42. The van der Waals surface area contributed by atoms with Gasteiger partial charge in [-0.1, -0.05) is 48.9 Å². The summed E-state index contributed by atoms with van der Waals surface area (Å²) in [5, 5.41) is 14.7. The Morgan fingerprint density at radius 1 is 1.13 bits per heavy atom. The van der Waals surface area contributed by atoms with Crippen molar-refractivity contribution >= 4 is 32.5 Å². The molecule has 1 aliphatic rings. The van der Waals surface area contributed by atoms with E-state index in [9.17, 15) is 31.5 Å². The summed E-state index contributed by atoms with van der Waals surface area (Å²) in [5.74, 6) is -2.92. The van der Waals surface area contributed by atoms with Gasteiger partial charge in [0.1, 0.15) is 33.2 Å². The Labute approximate surface area is 275 Å². The average molecular weight is 703 g/mol. The van der Waals surface area contributed by atoms with Gasteiger partial charge < -0.3 is 19.5 Å². The lowest BCUT2D eigenvalue weighted by atomic mass is 10.1. The zero-order valence-corrected chi connectivity index (χ0v) is 28.2. The molecule has 1 aliphatic heterocycles. The van der Waals surface area contributed by atoms with Crippen LogP contribution in [0.1, 0.15) is 60.6 Å². The lowest BCUT2D eigenvalue weighted by Gasteiger charge is -2.42. The van der Waals surface area contributed by atoms with Crippen LogP contribution in [0.2, 0.25) is 0 Å². The molecule has 3 aromatic rings. The SMILES string of the molecule is CCCc1ccc(CNC(O)[C@H]2CN(c3nc(C)c(C(=O)OC(C)(C)C)s3)CCN2S(=O)(=O)c2ccc(OC(F)(F)F)cc2F)cc1. The van der Waals surface area contributed by atoms with Crippen molar-refractivity contribution in [3.63, 3.8) is 0 Å². The molecule has 16 heteroatoms. The van der Waals surface area contributed by atoms with Crippen LogP contribution in [0.15, 0.2) is 47.4 Å². The number of anilines is 1. The van der Waals surface area contributed by atoms with E-state index in [1.54, 1.807) is 32.6 Å². The van der Waals surface area contributed by atoms with Crippen molar-refractivity contribution in [2.75, 3.05) is 24.5 Å². The number of aryl methyl sites for hydroxylation is 2. The molecule has 0 amide bonds. The van der Waals surface area contributed by atoms with Crippen LogP contribution in [0.5, 0.6) is 5.75 Å². The van der Waals surface area contributed by atoms with E-state index in [-0.39, 0.29) is 31.1 Å². The molecule has 0 saturated carbocycles. The molecule has 0 spiro atoms. The zero-order valence-electron chi connectivity index (χ0n) is 26.6. The second kappa shape index (κ2) is 14.4. The van der Waals surface area contributed by atoms with Gasteiger partial charge in [-0.25, -0.2) is 22.6 Å². The van der Waals surface area contributed by atoms with Gasteiger partial charge >= 0.3 is 12.3 Å². The molecule has 1 fully saturated rings. The number of halogens is 4. The lowest BCUT2D eigenvalue weighted by molar-refractivity contribution is -0.274. The molecule has 1 unspecified atom stereocenters. The molecule has 2 aromatic carbocycles. The lowest BCUT2D eigenvalue weighted by Crippen LogP contribution is -2.62. The molecular weight excluding hydrogens is 664 g/mol. The van der Waals surface area contributed by atoms with Crippen LogP contribution in [0.25, 0.3) is 0 Å². The van der Waals surface area contributed by atoms with Crippen LogP contribution in [0.4, 0.5) is 22.7 Å². The van der Waals surface area contributed by atoms with Gasteiger partial charge in [-0.15, -0.1) is 13.2 Å². The van der Waals surface area contributed by atoms with E-state index in [0.717, 1.165) is 39.6 Å². The maximum absolute atomic E-state index is 15.0. The molecule has 0 aliphatic carbocycles. The van der Waals surface area contributed by atoms with Crippen LogP contribution >= 0.6 is 11.3 Å². The second-order valence-electron chi connectivity index (χ2n) is 12.1. The van der Waals surface area contributed by atoms with E-state index in [1.165, 1.54) is 0 Å². The van der Waals surface area contributed by atoms with Crippen LogP contribution < -0.4 is 15.0 Å². The highest BCUT2D eigenvalue weighted by molar-refractivity contribution is 7.89. The number of hydrogen-bond donors (Lipinski definition) is 2. The third-order valence-electron chi connectivity index (χ3n) is 7.17. The molecule has 4 rings (SSSR count). The normalized spacial score (nSPS) is 17.1. The Morgan fingerprint density at radius 2 is 1.79 bits per heavy atom. The predicted octanol–water partition coefficient (Wildman–Crippen LogP) is 5.38. The number of aromatic nitrogens is 1. The van der Waals surface area contributed by atoms with Gasteiger partial charge in [0.2, 0.25) is 10.0 Å². The van der Waals surface area contributed by atoms with Gasteiger partial charge in [0, 0.05) is 32.2 Å². The van der Waals surface area contributed by atoms with Gasteiger partial charge in [-0.05, 0) is 57.4 Å². The molecule has 1 aromatic heterocycles. The Morgan fingerprint density at radius 3 is 2.38 bits per heavy atom. The number of rotatable bonds is 11. The standard InChI is InChI=1S/C31H38F4N4O6S2/c1-6-7-20-8-10-21(11-9-20)17-36-27(40)24-18-38(29-37-19(2)26(46-29)28(41)45-30(3,4)5)14-15-39(24)47(42,43)25-13-12-22(16-23(25)32)44-31(33,34)35/h8-13,16,24,27,36,40H,6-7,14-15,17-18H2,1-5H3/t24-,27?/m1/s1. The first-order valence-corrected chi connectivity index (χ1v) is 17.2. The Balaban J connectivity index is 1.62. The molecule has 0 bridgehead atoms. The van der Waals surface area contributed by atoms with Crippen molar-refractivity contribution in [1.29, 1.82) is 0 Å². The number of esters is 1. The third-order valence-corrected chi connectivity index (χ3v) is 10.3. The summed E-state index contributed by atoms with van der Waals surface area (Å²) in [5.41, 5.74) is 1.65. The molecule has 2 heterocycles. The van der Waals surface area contributed by atoms with E-state index in [1.807, 2.05) is 24.3 Å². The number of nitrogens with one attached hydrogen (secondary N) is 1. The summed E-state index contributed by atoms with van der Waals surface area (Å²) in [6.07, 6.45) is -4.68. The van der Waals surface area contributed by atoms with E-state index >= 15 is 4.39 Å². The zero-order chi connectivity index (χ0) is 34.7. The number of nitrogens with zero attached hydrogens (tertiary/aromatic N) is 3. The van der Waals surface area contributed by atoms with Crippen molar-refractivity contribution in [1.82, 2.24) is 14.6 Å². The molecule has 10 nitrogen and oxygen atoms in total. The van der Waals surface area contributed by atoms with Gasteiger partial charge in [-0.3, -0.25) is 5.32 Å². The summed E-state index contributed by atoms with van der Waals surface area (Å²) >= 11 is 1.06. The fraction of sp³-hybridized carbons (Fsp3) is 0.484. The Hall–Kier alpha value is -3.31. The number of piperazine rings is 1. The molecule has 2 atom stereocenters. The van der Waals surface area contributed by atoms with Crippen LogP contribution in [0, 0.1) is 12.7 Å². The number of aliphatic hydroxyl groups excluding tert-OH is 1. The fourth-order valence-corrected chi connectivity index (χ4v) is 7.68. The number of carbonyl (C=O) groups is 1. The smallest absolute Gasteiger partial charge is 0.456 e. The number of ether oxygens (including phenoxy) is 2. The number of hydrogen-bond acceptors (Lipinski definition) is 10. The second-order valence-corrected chi connectivity index (χ2v) is 14.9. The van der Waals surface area contributed by atoms with Gasteiger partial charge in [-0.2, -0.15) is 4.31 Å². The van der Waals surface area contributed by atoms with Crippen molar-refractivity contribution in [2.45, 2.75) is 83.1 Å². The first-order valence-electron chi connectivity index (χ1n) is 14.9. The average Bonchev–Trinajstić information content (AvgIpc) is 3.36. The van der Waals surface area contributed by atoms with Crippen molar-refractivity contribution in [3.8, 4) is 5.75 Å². The topological polar surface area (TPSA) is 121 Å². The van der Waals surface area contributed by atoms with Crippen LogP contribution in [-0.4, -0.2) is 72.7 Å². The van der Waals surface area contributed by atoms with Gasteiger partial charge in [0.05, 0.1) is 11.7 Å². The minimum atomic E-state index is -5.10. The number of sulfonamides is 1. The minimum Gasteiger partial charge on any atom is -0.456 e. The quantitative estimate of drug-likeness (QED) is 0.154. The molecule has 47 heavy (non-hydrogen) atoms. The Bertz CT molecular complexity index is 1660. The minimum absolute atomic E-state index is 0.0545. The molecule has 1 saturated heterocycles. The predicted molar refractivity (Wildman–Crippen MR) is 168 cm³/mol. The monoisotopic (exact) mass is 702 g/mol. The summed E-state index contributed by atoms with van der Waals surface area (Å²) < 4.78 is 90.8. The Kier molecular flexibility index (Phi) is 11.2. The van der Waals surface area contributed by atoms with E-state index < -0.39 is 56.7 Å². The maximum Gasteiger partial charge on any atom is 0.573 e. The first kappa shape index (κ1) is 36.5. The number of carbonyl (C=O) groups excluding carboxylic acids is 1. The molecule has 2 N–H and O–H groups in total. The van der Waals surface area contributed by atoms with Crippen molar-refractivity contribution < 1.29 is 45.4 Å². The largest absolute Gasteiger partial charge is 0.573 e. The fourth-order valence-electron chi connectivity index (χ4n) is 5.04.